The van der Waals surface area contributed by atoms with Crippen molar-refractivity contribution < 1.29 is 23.1 Å². The van der Waals surface area contributed by atoms with E-state index in [1.165, 1.54) is 6.92 Å². The summed E-state index contributed by atoms with van der Waals surface area (Å²) in [4.78, 5) is 21.8. The zero-order valence-electron chi connectivity index (χ0n) is 9.02. The van der Waals surface area contributed by atoms with E-state index in [-0.39, 0.29) is 6.61 Å². The largest absolute Gasteiger partial charge is 0.465 e. The van der Waals surface area contributed by atoms with Gasteiger partial charge in [0.1, 0.15) is 6.42 Å². The number of Topliss-reactive ketones (excluding diaryl/α,β-unsaturated/α-hetero) is 1. The number of hydrogen-bond acceptors (Lipinski definition) is 3. The van der Waals surface area contributed by atoms with Gasteiger partial charge in [-0.2, -0.15) is 8.78 Å². The molecule has 3 nitrogen and oxygen atoms in total. The second kappa shape index (κ2) is 6.48. The standard InChI is InChI=1S/C10H16F2O3/c1-3-5-6-15-9(14)7-8(13)10(11,12)4-2/h3-7H2,1-2H3. The molecule has 0 N–H and O–H groups in total. The second-order valence-electron chi connectivity index (χ2n) is 3.23. The molecule has 0 heterocycles. The van der Waals surface area contributed by atoms with Gasteiger partial charge >= 0.3 is 11.9 Å². The molecule has 0 amide bonds. The van der Waals surface area contributed by atoms with Crippen LogP contribution >= 0.6 is 0 Å². The van der Waals surface area contributed by atoms with Crippen LogP contribution in [0.4, 0.5) is 8.78 Å². The molecule has 0 rings (SSSR count). The van der Waals surface area contributed by atoms with Gasteiger partial charge in [-0.25, -0.2) is 0 Å². The molecule has 0 unspecified atom stereocenters. The van der Waals surface area contributed by atoms with Crippen LogP contribution in [0.25, 0.3) is 0 Å². The van der Waals surface area contributed by atoms with Crippen LogP contribution in [0.1, 0.15) is 39.5 Å². The van der Waals surface area contributed by atoms with Gasteiger partial charge in [-0.3, -0.25) is 9.59 Å². The minimum atomic E-state index is -3.41. The fraction of sp³-hybridized carbons (Fsp3) is 0.800. The number of alkyl halides is 2. The molecule has 0 saturated heterocycles. The molecule has 0 aliphatic heterocycles. The lowest BCUT2D eigenvalue weighted by Gasteiger charge is -2.11. The molecular formula is C10H16F2O3. The van der Waals surface area contributed by atoms with Gasteiger partial charge in [0.25, 0.3) is 0 Å². The number of unbranched alkanes of at least 4 members (excludes halogenated alkanes) is 1. The highest BCUT2D eigenvalue weighted by atomic mass is 19.3. The molecule has 0 saturated carbocycles. The van der Waals surface area contributed by atoms with Gasteiger partial charge in [0.15, 0.2) is 0 Å². The topological polar surface area (TPSA) is 43.4 Å². The van der Waals surface area contributed by atoms with E-state index in [4.69, 9.17) is 0 Å². The van der Waals surface area contributed by atoms with Gasteiger partial charge in [-0.15, -0.1) is 0 Å². The molecule has 5 heteroatoms. The normalized spacial score (nSPS) is 11.2. The van der Waals surface area contributed by atoms with E-state index in [1.54, 1.807) is 0 Å². The molecule has 0 fully saturated rings. The molecule has 15 heavy (non-hydrogen) atoms. The maximum absolute atomic E-state index is 12.7. The first-order chi connectivity index (χ1) is 6.94. The third-order valence-electron chi connectivity index (χ3n) is 1.92. The molecule has 0 bridgehead atoms. The van der Waals surface area contributed by atoms with Crippen LogP contribution < -0.4 is 0 Å². The highest BCUT2D eigenvalue weighted by molar-refractivity contribution is 5.99. The number of carbonyl (C=O) groups is 2. The SMILES string of the molecule is CCCCOC(=O)CC(=O)C(F)(F)CC. The Morgan fingerprint density at radius 2 is 1.87 bits per heavy atom. The maximum atomic E-state index is 12.7. The number of ketones is 1. The average molecular weight is 222 g/mol. The number of halogens is 2. The van der Waals surface area contributed by atoms with Crippen molar-refractivity contribution in [2.24, 2.45) is 0 Å². The van der Waals surface area contributed by atoms with Crippen molar-refractivity contribution >= 4 is 11.8 Å². The van der Waals surface area contributed by atoms with Crippen molar-refractivity contribution in [1.82, 2.24) is 0 Å². The van der Waals surface area contributed by atoms with Gasteiger partial charge in [-0.05, 0) is 6.42 Å². The van der Waals surface area contributed by atoms with Gasteiger partial charge in [0, 0.05) is 6.42 Å². The van der Waals surface area contributed by atoms with Gasteiger partial charge < -0.3 is 4.74 Å². The number of hydrogen-bond donors (Lipinski definition) is 0. The molecule has 0 aliphatic carbocycles. The van der Waals surface area contributed by atoms with Crippen LogP contribution in [0.3, 0.4) is 0 Å². The van der Waals surface area contributed by atoms with Crippen LogP contribution in [-0.2, 0) is 14.3 Å². The number of rotatable bonds is 7. The molecule has 0 radical (unpaired) electrons. The van der Waals surface area contributed by atoms with Crippen LogP contribution in [0, 0.1) is 0 Å². The Labute approximate surface area is 87.8 Å². The van der Waals surface area contributed by atoms with Gasteiger partial charge in [0.05, 0.1) is 6.61 Å². The van der Waals surface area contributed by atoms with Crippen LogP contribution in [0.2, 0.25) is 0 Å². The Balaban J connectivity index is 3.92. The first kappa shape index (κ1) is 14.0. The molecule has 0 atom stereocenters. The minimum Gasteiger partial charge on any atom is -0.465 e. The zero-order valence-corrected chi connectivity index (χ0v) is 9.02. The third kappa shape index (κ3) is 5.44. The highest BCUT2D eigenvalue weighted by Gasteiger charge is 2.37. The van der Waals surface area contributed by atoms with E-state index in [0.29, 0.717) is 6.42 Å². The van der Waals surface area contributed by atoms with E-state index in [2.05, 4.69) is 4.74 Å². The Morgan fingerprint density at radius 3 is 2.33 bits per heavy atom. The van der Waals surface area contributed by atoms with Crippen molar-refractivity contribution in [3.05, 3.63) is 0 Å². The Morgan fingerprint density at radius 1 is 1.27 bits per heavy atom. The van der Waals surface area contributed by atoms with Crippen molar-refractivity contribution in [1.29, 1.82) is 0 Å². The molecule has 0 aromatic heterocycles. The number of esters is 1. The summed E-state index contributed by atoms with van der Waals surface area (Å²) in [7, 11) is 0. The quantitative estimate of drug-likeness (QED) is 0.377. The summed E-state index contributed by atoms with van der Waals surface area (Å²) < 4.78 is 30.1. The number of carbonyl (C=O) groups excluding carboxylic acids is 2. The summed E-state index contributed by atoms with van der Waals surface area (Å²) in [6.45, 7) is 3.28. The van der Waals surface area contributed by atoms with Gasteiger partial charge in [0.2, 0.25) is 5.78 Å². The predicted octanol–water partition coefficient (Wildman–Crippen LogP) is 2.33. The molecule has 0 aromatic rings. The molecule has 0 aromatic carbocycles. The second-order valence-corrected chi connectivity index (χ2v) is 3.23. The van der Waals surface area contributed by atoms with E-state index in [1.807, 2.05) is 6.92 Å². The van der Waals surface area contributed by atoms with Crippen molar-refractivity contribution in [3.63, 3.8) is 0 Å². The Hall–Kier alpha value is -1.00. The van der Waals surface area contributed by atoms with Crippen LogP contribution in [0.15, 0.2) is 0 Å². The van der Waals surface area contributed by atoms with Crippen LogP contribution in [-0.4, -0.2) is 24.3 Å². The lowest BCUT2D eigenvalue weighted by atomic mass is 10.1. The first-order valence-electron chi connectivity index (χ1n) is 5.00. The van der Waals surface area contributed by atoms with E-state index < -0.39 is 30.5 Å². The van der Waals surface area contributed by atoms with E-state index in [9.17, 15) is 18.4 Å². The Bertz CT molecular complexity index is 227. The zero-order chi connectivity index (χ0) is 11.9. The monoisotopic (exact) mass is 222 g/mol. The summed E-state index contributed by atoms with van der Waals surface area (Å²) in [6.07, 6.45) is 0.0784. The van der Waals surface area contributed by atoms with Crippen LogP contribution in [0.5, 0.6) is 0 Å². The van der Waals surface area contributed by atoms with Crippen molar-refractivity contribution in [2.45, 2.75) is 45.5 Å². The van der Waals surface area contributed by atoms with Gasteiger partial charge in [-0.1, -0.05) is 20.3 Å². The van der Waals surface area contributed by atoms with Crippen molar-refractivity contribution in [2.75, 3.05) is 6.61 Å². The summed E-state index contributed by atoms with van der Waals surface area (Å²) in [6, 6.07) is 0. The Kier molecular flexibility index (Phi) is 6.05. The highest BCUT2D eigenvalue weighted by Crippen LogP contribution is 2.20. The maximum Gasteiger partial charge on any atom is 0.313 e. The van der Waals surface area contributed by atoms with E-state index >= 15 is 0 Å². The fourth-order valence-electron chi connectivity index (χ4n) is 0.839. The molecule has 88 valence electrons. The van der Waals surface area contributed by atoms with E-state index in [0.717, 1.165) is 6.42 Å². The molecule has 0 aliphatic rings. The lowest BCUT2D eigenvalue weighted by Crippen LogP contribution is -2.30. The number of ether oxygens (including phenoxy) is 1. The summed E-state index contributed by atoms with van der Waals surface area (Å²) >= 11 is 0. The van der Waals surface area contributed by atoms with Crippen molar-refractivity contribution in [3.8, 4) is 0 Å². The molecular weight excluding hydrogens is 206 g/mol. The third-order valence-corrected chi connectivity index (χ3v) is 1.92. The average Bonchev–Trinajstić information content (AvgIpc) is 2.18. The summed E-state index contributed by atoms with van der Waals surface area (Å²) in [5, 5.41) is 0. The molecule has 0 spiro atoms. The summed E-state index contributed by atoms with van der Waals surface area (Å²) in [5.74, 6) is -5.66. The predicted molar refractivity (Wildman–Crippen MR) is 50.7 cm³/mol. The smallest absolute Gasteiger partial charge is 0.313 e. The lowest BCUT2D eigenvalue weighted by molar-refractivity contribution is -0.154. The first-order valence-corrected chi connectivity index (χ1v) is 5.00. The minimum absolute atomic E-state index is 0.181. The summed E-state index contributed by atoms with van der Waals surface area (Å²) in [5.41, 5.74) is 0. The fourth-order valence-corrected chi connectivity index (χ4v) is 0.839.